The summed E-state index contributed by atoms with van der Waals surface area (Å²) in [5.41, 5.74) is 1.85. The third-order valence-corrected chi connectivity index (χ3v) is 3.79. The minimum atomic E-state index is 0.0683. The van der Waals surface area contributed by atoms with Crippen molar-refractivity contribution < 1.29 is 9.53 Å². The first kappa shape index (κ1) is 10.5. The number of fused-ring (bicyclic) bond motifs is 1. The van der Waals surface area contributed by atoms with Crippen LogP contribution < -0.4 is 4.74 Å². The Hall–Kier alpha value is -1.61. The molecule has 0 saturated heterocycles. The molecule has 3 heteroatoms. The summed E-state index contributed by atoms with van der Waals surface area (Å²) in [6.45, 7) is 0.710. The van der Waals surface area contributed by atoms with Gasteiger partial charge in [0, 0.05) is 0 Å². The Balaban J connectivity index is 2.06. The maximum Gasteiger partial charge on any atom is 0.206 e. The van der Waals surface area contributed by atoms with Crippen molar-refractivity contribution in [2.75, 3.05) is 6.61 Å². The normalized spacial score (nSPS) is 13.9. The van der Waals surface area contributed by atoms with Crippen molar-refractivity contribution >= 4 is 17.1 Å². The van der Waals surface area contributed by atoms with Crippen LogP contribution in [0.3, 0.4) is 0 Å². The van der Waals surface area contributed by atoms with Crippen molar-refractivity contribution in [1.82, 2.24) is 0 Å². The van der Waals surface area contributed by atoms with Crippen molar-refractivity contribution in [2.45, 2.75) is 12.8 Å². The lowest BCUT2D eigenvalue weighted by molar-refractivity contribution is 0.103. The third kappa shape index (κ3) is 1.87. The Labute approximate surface area is 104 Å². The summed E-state index contributed by atoms with van der Waals surface area (Å²) in [7, 11) is 0. The first-order chi connectivity index (χ1) is 8.36. The minimum absolute atomic E-state index is 0.0683. The fraction of sp³-hybridized carbons (Fsp3) is 0.214. The van der Waals surface area contributed by atoms with Crippen molar-refractivity contribution in [3.8, 4) is 5.75 Å². The van der Waals surface area contributed by atoms with Gasteiger partial charge in [0.2, 0.25) is 5.78 Å². The zero-order valence-electron chi connectivity index (χ0n) is 9.31. The van der Waals surface area contributed by atoms with Crippen molar-refractivity contribution in [2.24, 2.45) is 0 Å². The van der Waals surface area contributed by atoms with Crippen molar-refractivity contribution in [1.29, 1.82) is 0 Å². The van der Waals surface area contributed by atoms with E-state index in [4.69, 9.17) is 4.74 Å². The molecule has 1 aromatic heterocycles. The zero-order valence-corrected chi connectivity index (χ0v) is 10.1. The molecule has 1 aliphatic heterocycles. The quantitative estimate of drug-likeness (QED) is 0.758. The number of para-hydroxylation sites is 1. The maximum absolute atomic E-state index is 12.3. The van der Waals surface area contributed by atoms with Gasteiger partial charge >= 0.3 is 0 Å². The minimum Gasteiger partial charge on any atom is -0.493 e. The van der Waals surface area contributed by atoms with Crippen LogP contribution in [0.2, 0.25) is 0 Å². The predicted octanol–water partition coefficient (Wildman–Crippen LogP) is 3.30. The second-order valence-electron chi connectivity index (χ2n) is 4.05. The molecule has 2 heterocycles. The average molecular weight is 244 g/mol. The SMILES string of the molecule is O=C(c1cccs1)c1cccc2c1OCCC2. The molecule has 0 aliphatic carbocycles. The molecule has 1 aliphatic rings. The van der Waals surface area contributed by atoms with E-state index in [0.29, 0.717) is 12.2 Å². The van der Waals surface area contributed by atoms with Gasteiger partial charge in [-0.2, -0.15) is 0 Å². The van der Waals surface area contributed by atoms with E-state index in [1.807, 2.05) is 35.7 Å². The molecular formula is C14H12O2S. The van der Waals surface area contributed by atoms with E-state index in [2.05, 4.69) is 0 Å². The first-order valence-corrected chi connectivity index (χ1v) is 6.57. The first-order valence-electron chi connectivity index (χ1n) is 5.69. The number of ether oxygens (including phenoxy) is 1. The van der Waals surface area contributed by atoms with E-state index in [1.165, 1.54) is 11.3 Å². The van der Waals surface area contributed by atoms with E-state index < -0.39 is 0 Å². The van der Waals surface area contributed by atoms with Crippen LogP contribution in [0.4, 0.5) is 0 Å². The Kier molecular flexibility index (Phi) is 2.69. The van der Waals surface area contributed by atoms with Crippen LogP contribution in [-0.2, 0) is 6.42 Å². The molecule has 0 atom stereocenters. The number of benzene rings is 1. The fourth-order valence-electron chi connectivity index (χ4n) is 2.11. The van der Waals surface area contributed by atoms with Gasteiger partial charge in [0.1, 0.15) is 5.75 Å². The van der Waals surface area contributed by atoms with Gasteiger partial charge in [-0.25, -0.2) is 0 Å². The van der Waals surface area contributed by atoms with Crippen LogP contribution >= 0.6 is 11.3 Å². The largest absolute Gasteiger partial charge is 0.493 e. The lowest BCUT2D eigenvalue weighted by Gasteiger charge is -2.19. The lowest BCUT2D eigenvalue weighted by atomic mass is 9.99. The molecule has 0 saturated carbocycles. The lowest BCUT2D eigenvalue weighted by Crippen LogP contribution is -2.12. The maximum atomic E-state index is 12.3. The van der Waals surface area contributed by atoms with Gasteiger partial charge in [0.25, 0.3) is 0 Å². The summed E-state index contributed by atoms with van der Waals surface area (Å²) in [4.78, 5) is 13.1. The Bertz CT molecular complexity index is 543. The second kappa shape index (κ2) is 4.34. The number of hydrogen-bond donors (Lipinski definition) is 0. The summed E-state index contributed by atoms with van der Waals surface area (Å²) in [5.74, 6) is 0.857. The van der Waals surface area contributed by atoms with Crippen LogP contribution in [-0.4, -0.2) is 12.4 Å². The summed E-state index contributed by atoms with van der Waals surface area (Å²) >= 11 is 1.47. The summed E-state index contributed by atoms with van der Waals surface area (Å²) in [6, 6.07) is 9.59. The number of rotatable bonds is 2. The van der Waals surface area contributed by atoms with Gasteiger partial charge in [0.15, 0.2) is 0 Å². The number of aryl methyl sites for hydroxylation is 1. The van der Waals surface area contributed by atoms with Crippen molar-refractivity contribution in [3.63, 3.8) is 0 Å². The molecule has 1 aromatic carbocycles. The second-order valence-corrected chi connectivity index (χ2v) is 5.00. The van der Waals surface area contributed by atoms with Gasteiger partial charge in [-0.15, -0.1) is 11.3 Å². The number of thiophene rings is 1. The highest BCUT2D eigenvalue weighted by atomic mass is 32.1. The number of hydrogen-bond acceptors (Lipinski definition) is 3. The summed E-state index contributed by atoms with van der Waals surface area (Å²) < 4.78 is 5.66. The molecular weight excluding hydrogens is 232 g/mol. The van der Waals surface area contributed by atoms with Gasteiger partial charge in [0.05, 0.1) is 17.0 Å². The molecule has 2 aromatic rings. The highest BCUT2D eigenvalue weighted by Crippen LogP contribution is 2.31. The highest BCUT2D eigenvalue weighted by molar-refractivity contribution is 7.12. The Morgan fingerprint density at radius 3 is 3.00 bits per heavy atom. The molecule has 0 fully saturated rings. The highest BCUT2D eigenvalue weighted by Gasteiger charge is 2.20. The smallest absolute Gasteiger partial charge is 0.206 e. The predicted molar refractivity (Wildman–Crippen MR) is 68.0 cm³/mol. The molecule has 0 bridgehead atoms. The molecule has 0 unspecified atom stereocenters. The van der Waals surface area contributed by atoms with Crippen LogP contribution in [0, 0.1) is 0 Å². The molecule has 0 radical (unpaired) electrons. The van der Waals surface area contributed by atoms with E-state index in [-0.39, 0.29) is 5.78 Å². The van der Waals surface area contributed by atoms with E-state index in [9.17, 15) is 4.79 Å². The monoisotopic (exact) mass is 244 g/mol. The fourth-order valence-corrected chi connectivity index (χ4v) is 2.79. The standard InChI is InChI=1S/C14H12O2S/c15-13(12-7-3-9-17-12)11-6-1-4-10-5-2-8-16-14(10)11/h1,3-4,6-7,9H,2,5,8H2. The Morgan fingerprint density at radius 2 is 2.18 bits per heavy atom. The van der Waals surface area contributed by atoms with Gasteiger partial charge < -0.3 is 4.74 Å². The van der Waals surface area contributed by atoms with E-state index in [1.54, 1.807) is 0 Å². The zero-order chi connectivity index (χ0) is 11.7. The van der Waals surface area contributed by atoms with E-state index in [0.717, 1.165) is 29.0 Å². The third-order valence-electron chi connectivity index (χ3n) is 2.92. The Morgan fingerprint density at radius 1 is 1.24 bits per heavy atom. The molecule has 0 spiro atoms. The van der Waals surface area contributed by atoms with Crippen LogP contribution in [0.5, 0.6) is 5.75 Å². The summed E-state index contributed by atoms with van der Waals surface area (Å²) in [6.07, 6.45) is 2.03. The molecule has 0 N–H and O–H groups in total. The van der Waals surface area contributed by atoms with Gasteiger partial charge in [-0.05, 0) is 35.9 Å². The van der Waals surface area contributed by atoms with E-state index >= 15 is 0 Å². The van der Waals surface area contributed by atoms with Crippen LogP contribution in [0.15, 0.2) is 35.7 Å². The molecule has 2 nitrogen and oxygen atoms in total. The number of ketones is 1. The number of carbonyl (C=O) groups excluding carboxylic acids is 1. The molecule has 0 amide bonds. The van der Waals surface area contributed by atoms with Crippen LogP contribution in [0.1, 0.15) is 27.2 Å². The van der Waals surface area contributed by atoms with Crippen LogP contribution in [0.25, 0.3) is 0 Å². The van der Waals surface area contributed by atoms with Gasteiger partial charge in [-0.1, -0.05) is 18.2 Å². The molecule has 17 heavy (non-hydrogen) atoms. The average Bonchev–Trinajstić information content (AvgIpc) is 2.91. The molecule has 3 rings (SSSR count). The summed E-state index contributed by atoms with van der Waals surface area (Å²) in [5, 5.41) is 1.92. The topological polar surface area (TPSA) is 26.3 Å². The number of carbonyl (C=O) groups is 1. The molecule has 86 valence electrons. The van der Waals surface area contributed by atoms with Gasteiger partial charge in [-0.3, -0.25) is 4.79 Å². The van der Waals surface area contributed by atoms with Crippen molar-refractivity contribution in [3.05, 3.63) is 51.7 Å².